The molecule has 20 heavy (non-hydrogen) atoms. The van der Waals surface area contributed by atoms with Crippen LogP contribution in [0.5, 0.6) is 0 Å². The fourth-order valence-electron chi connectivity index (χ4n) is 1.83. The first-order valence-electron chi connectivity index (χ1n) is 6.20. The van der Waals surface area contributed by atoms with Crippen LogP contribution in [-0.4, -0.2) is 11.7 Å². The maximum atomic E-state index is 11.9. The second-order valence-electron chi connectivity index (χ2n) is 4.49. The molecule has 0 aromatic heterocycles. The molecule has 0 heterocycles. The van der Waals surface area contributed by atoms with Crippen LogP contribution < -0.4 is 5.32 Å². The van der Waals surface area contributed by atoms with Crippen LogP contribution >= 0.6 is 11.6 Å². The van der Waals surface area contributed by atoms with Crippen LogP contribution in [0.15, 0.2) is 48.5 Å². The van der Waals surface area contributed by atoms with E-state index in [1.54, 1.807) is 36.4 Å². The zero-order chi connectivity index (χ0) is 14.5. The van der Waals surface area contributed by atoms with Crippen molar-refractivity contribution in [2.45, 2.75) is 13.3 Å². The predicted octanol–water partition coefficient (Wildman–Crippen LogP) is 3.72. The van der Waals surface area contributed by atoms with E-state index in [9.17, 15) is 9.59 Å². The lowest BCUT2D eigenvalue weighted by molar-refractivity contribution is -0.115. The van der Waals surface area contributed by atoms with Crippen molar-refractivity contribution in [3.8, 4) is 0 Å². The lowest BCUT2D eigenvalue weighted by Gasteiger charge is -2.06. The Kier molecular flexibility index (Phi) is 4.53. The SMILES string of the molecule is CC(=O)c1ccc(NC(=O)Cc2cccc(Cl)c2)cc1. The first-order valence-corrected chi connectivity index (χ1v) is 6.58. The number of anilines is 1. The van der Waals surface area contributed by atoms with Gasteiger partial charge in [-0.3, -0.25) is 9.59 Å². The molecule has 0 saturated carbocycles. The number of hydrogen-bond acceptors (Lipinski definition) is 2. The number of ketones is 1. The third kappa shape index (κ3) is 3.93. The summed E-state index contributed by atoms with van der Waals surface area (Å²) >= 11 is 5.87. The van der Waals surface area contributed by atoms with Crippen LogP contribution in [0.4, 0.5) is 5.69 Å². The van der Waals surface area contributed by atoms with Gasteiger partial charge < -0.3 is 5.32 Å². The summed E-state index contributed by atoms with van der Waals surface area (Å²) in [5, 5.41) is 3.39. The molecule has 2 aromatic rings. The number of rotatable bonds is 4. The summed E-state index contributed by atoms with van der Waals surface area (Å²) in [6.07, 6.45) is 0.259. The Labute approximate surface area is 122 Å². The fourth-order valence-corrected chi connectivity index (χ4v) is 2.04. The maximum Gasteiger partial charge on any atom is 0.228 e. The Bertz CT molecular complexity index is 635. The second-order valence-corrected chi connectivity index (χ2v) is 4.92. The Morgan fingerprint density at radius 3 is 2.40 bits per heavy atom. The van der Waals surface area contributed by atoms with Crippen molar-refractivity contribution in [2.75, 3.05) is 5.32 Å². The van der Waals surface area contributed by atoms with E-state index in [2.05, 4.69) is 5.32 Å². The van der Waals surface area contributed by atoms with E-state index in [0.29, 0.717) is 16.3 Å². The molecule has 0 fully saturated rings. The van der Waals surface area contributed by atoms with Gasteiger partial charge in [0.25, 0.3) is 0 Å². The minimum absolute atomic E-state index is 0.00167. The third-order valence-corrected chi connectivity index (χ3v) is 3.06. The molecule has 0 bridgehead atoms. The van der Waals surface area contributed by atoms with Crippen molar-refractivity contribution in [2.24, 2.45) is 0 Å². The van der Waals surface area contributed by atoms with Crippen LogP contribution in [-0.2, 0) is 11.2 Å². The van der Waals surface area contributed by atoms with E-state index in [4.69, 9.17) is 11.6 Å². The number of nitrogens with one attached hydrogen (secondary N) is 1. The van der Waals surface area contributed by atoms with Crippen LogP contribution in [0, 0.1) is 0 Å². The number of Topliss-reactive ketones (excluding diaryl/α,β-unsaturated/α-hetero) is 1. The molecule has 2 rings (SSSR count). The molecule has 102 valence electrons. The first kappa shape index (κ1) is 14.3. The van der Waals surface area contributed by atoms with Gasteiger partial charge in [-0.1, -0.05) is 23.7 Å². The van der Waals surface area contributed by atoms with Gasteiger partial charge in [0, 0.05) is 16.3 Å². The molecule has 0 atom stereocenters. The van der Waals surface area contributed by atoms with Gasteiger partial charge in [-0.05, 0) is 48.9 Å². The van der Waals surface area contributed by atoms with Crippen molar-refractivity contribution in [1.29, 1.82) is 0 Å². The zero-order valence-electron chi connectivity index (χ0n) is 11.0. The summed E-state index contributed by atoms with van der Waals surface area (Å²) < 4.78 is 0. The quantitative estimate of drug-likeness (QED) is 0.871. The second kappa shape index (κ2) is 6.35. The van der Waals surface area contributed by atoms with Crippen LogP contribution in [0.25, 0.3) is 0 Å². The molecule has 1 N–H and O–H groups in total. The van der Waals surface area contributed by atoms with E-state index in [-0.39, 0.29) is 18.1 Å². The lowest BCUT2D eigenvalue weighted by atomic mass is 10.1. The van der Waals surface area contributed by atoms with Crippen molar-refractivity contribution >= 4 is 29.0 Å². The van der Waals surface area contributed by atoms with E-state index in [1.807, 2.05) is 12.1 Å². The Morgan fingerprint density at radius 1 is 1.10 bits per heavy atom. The number of amides is 1. The largest absolute Gasteiger partial charge is 0.326 e. The van der Waals surface area contributed by atoms with Crippen molar-refractivity contribution in [3.63, 3.8) is 0 Å². The van der Waals surface area contributed by atoms with Gasteiger partial charge in [0.15, 0.2) is 5.78 Å². The van der Waals surface area contributed by atoms with Crippen LogP contribution in [0.1, 0.15) is 22.8 Å². The average Bonchev–Trinajstić information content (AvgIpc) is 2.39. The highest BCUT2D eigenvalue weighted by Crippen LogP contribution is 2.13. The van der Waals surface area contributed by atoms with Gasteiger partial charge >= 0.3 is 0 Å². The molecule has 0 unspecified atom stereocenters. The molecule has 0 aliphatic carbocycles. The Morgan fingerprint density at radius 2 is 1.80 bits per heavy atom. The summed E-state index contributed by atoms with van der Waals surface area (Å²) in [4.78, 5) is 23.0. The Hall–Kier alpha value is -2.13. The molecular formula is C16H14ClNO2. The normalized spacial score (nSPS) is 10.1. The zero-order valence-corrected chi connectivity index (χ0v) is 11.8. The summed E-state index contributed by atoms with van der Waals surface area (Å²) in [5.41, 5.74) is 2.15. The molecule has 0 radical (unpaired) electrons. The van der Waals surface area contributed by atoms with E-state index in [1.165, 1.54) is 6.92 Å². The van der Waals surface area contributed by atoms with E-state index in [0.717, 1.165) is 5.56 Å². The third-order valence-electron chi connectivity index (χ3n) is 2.83. The fraction of sp³-hybridized carbons (Fsp3) is 0.125. The van der Waals surface area contributed by atoms with Gasteiger partial charge in [-0.2, -0.15) is 0 Å². The number of carbonyl (C=O) groups is 2. The highest BCUT2D eigenvalue weighted by molar-refractivity contribution is 6.30. The van der Waals surface area contributed by atoms with Gasteiger partial charge in [0.1, 0.15) is 0 Å². The minimum atomic E-state index is -0.122. The summed E-state index contributed by atoms with van der Waals surface area (Å²) in [6.45, 7) is 1.51. The molecule has 1 amide bonds. The van der Waals surface area contributed by atoms with Crippen molar-refractivity contribution in [1.82, 2.24) is 0 Å². The molecule has 0 saturated heterocycles. The molecule has 0 spiro atoms. The summed E-state index contributed by atoms with van der Waals surface area (Å²) in [7, 11) is 0. The summed E-state index contributed by atoms with van der Waals surface area (Å²) in [5.74, 6) is -0.121. The van der Waals surface area contributed by atoms with Crippen molar-refractivity contribution in [3.05, 3.63) is 64.7 Å². The van der Waals surface area contributed by atoms with Gasteiger partial charge in [0.2, 0.25) is 5.91 Å². The lowest BCUT2D eigenvalue weighted by Crippen LogP contribution is -2.14. The van der Waals surface area contributed by atoms with Crippen LogP contribution in [0.3, 0.4) is 0 Å². The van der Waals surface area contributed by atoms with E-state index >= 15 is 0 Å². The molecule has 3 nitrogen and oxygen atoms in total. The van der Waals surface area contributed by atoms with Gasteiger partial charge in [-0.15, -0.1) is 0 Å². The first-order chi connectivity index (χ1) is 9.54. The smallest absolute Gasteiger partial charge is 0.228 e. The summed E-state index contributed by atoms with van der Waals surface area (Å²) in [6, 6.07) is 14.0. The van der Waals surface area contributed by atoms with Crippen molar-refractivity contribution < 1.29 is 9.59 Å². The molecule has 0 aliphatic rings. The number of carbonyl (C=O) groups excluding carboxylic acids is 2. The van der Waals surface area contributed by atoms with Gasteiger partial charge in [-0.25, -0.2) is 0 Å². The predicted molar refractivity (Wildman–Crippen MR) is 80.2 cm³/mol. The minimum Gasteiger partial charge on any atom is -0.326 e. The average molecular weight is 288 g/mol. The molecule has 0 aliphatic heterocycles. The van der Waals surface area contributed by atoms with Gasteiger partial charge in [0.05, 0.1) is 6.42 Å². The van der Waals surface area contributed by atoms with Crippen LogP contribution in [0.2, 0.25) is 5.02 Å². The topological polar surface area (TPSA) is 46.2 Å². The number of halogens is 1. The highest BCUT2D eigenvalue weighted by atomic mass is 35.5. The number of hydrogen-bond donors (Lipinski definition) is 1. The van der Waals surface area contributed by atoms with E-state index < -0.39 is 0 Å². The molecule has 2 aromatic carbocycles. The molecule has 4 heteroatoms. The molecular weight excluding hydrogens is 274 g/mol. The standard InChI is InChI=1S/C16H14ClNO2/c1-11(19)13-5-7-15(8-6-13)18-16(20)10-12-3-2-4-14(17)9-12/h2-9H,10H2,1H3,(H,18,20). The monoisotopic (exact) mass is 287 g/mol. The Balaban J connectivity index is 1.99. The highest BCUT2D eigenvalue weighted by Gasteiger charge is 2.05. The maximum absolute atomic E-state index is 11.9. The number of benzene rings is 2.